The Morgan fingerprint density at radius 3 is 2.68 bits per heavy atom. The van der Waals surface area contributed by atoms with E-state index in [9.17, 15) is 20.1 Å². The summed E-state index contributed by atoms with van der Waals surface area (Å²) in [5, 5.41) is 38.8. The second-order valence-corrected chi connectivity index (χ2v) is 13.9. The van der Waals surface area contributed by atoms with E-state index in [1.54, 1.807) is 23.6 Å². The van der Waals surface area contributed by atoms with Gasteiger partial charge in [0.1, 0.15) is 17.2 Å². The number of hydrogen-bond acceptors (Lipinski definition) is 10. The van der Waals surface area contributed by atoms with Crippen LogP contribution in [0.2, 0.25) is 0 Å². The normalized spacial score (nSPS) is 17.1. The van der Waals surface area contributed by atoms with Gasteiger partial charge in [-0.3, -0.25) is 4.79 Å². The summed E-state index contributed by atoms with van der Waals surface area (Å²) in [4.78, 5) is 21.0. The van der Waals surface area contributed by atoms with Gasteiger partial charge < -0.3 is 40.0 Å². The van der Waals surface area contributed by atoms with E-state index < -0.39 is 11.7 Å². The first-order valence-electron chi connectivity index (χ1n) is 16.5. The van der Waals surface area contributed by atoms with Crippen molar-refractivity contribution in [1.82, 2.24) is 15.2 Å². The molecule has 5 N–H and O–H groups in total. The summed E-state index contributed by atoms with van der Waals surface area (Å²) in [6.45, 7) is 2.45. The van der Waals surface area contributed by atoms with E-state index in [1.807, 2.05) is 30.3 Å². The van der Waals surface area contributed by atoms with Crippen LogP contribution in [0.1, 0.15) is 70.7 Å². The number of ether oxygens (including phenoxy) is 1. The van der Waals surface area contributed by atoms with Gasteiger partial charge in [0.05, 0.1) is 12.3 Å². The van der Waals surface area contributed by atoms with E-state index in [2.05, 4.69) is 39.7 Å². The zero-order chi connectivity index (χ0) is 32.8. The number of anilines is 1. The lowest BCUT2D eigenvalue weighted by Crippen LogP contribution is -2.38. The number of nitrogens with one attached hydrogen (secondary N) is 2. The van der Waals surface area contributed by atoms with Crippen LogP contribution in [0, 0.1) is 5.92 Å². The molecular weight excluding hydrogens is 616 g/mol. The molecule has 0 radical (unpaired) electrons. The Balaban J connectivity index is 0.968. The second kappa shape index (κ2) is 15.0. The molecule has 1 aliphatic heterocycles. The largest absolute Gasteiger partial charge is 0.506 e. The smallest absolute Gasteiger partial charge is 0.262 e. The summed E-state index contributed by atoms with van der Waals surface area (Å²) in [5.41, 5.74) is 0.345. The van der Waals surface area contributed by atoms with Crippen molar-refractivity contribution in [2.45, 2.75) is 63.2 Å². The third-order valence-corrected chi connectivity index (χ3v) is 10.3. The second-order valence-electron chi connectivity index (χ2n) is 12.6. The molecule has 11 heteroatoms. The number of nitrogens with zero attached hydrogens (tertiary/aromatic N) is 2. The molecule has 2 aromatic heterocycles. The Morgan fingerprint density at radius 1 is 1.09 bits per heavy atom. The first kappa shape index (κ1) is 33.2. The van der Waals surface area contributed by atoms with Crippen LogP contribution in [0.4, 0.5) is 5.69 Å². The molecule has 1 saturated carbocycles. The summed E-state index contributed by atoms with van der Waals surface area (Å²) >= 11 is 1.78. The highest BCUT2D eigenvalue weighted by molar-refractivity contribution is 7.11. The number of aliphatic hydroxyl groups excluding tert-OH is 1. The van der Waals surface area contributed by atoms with Crippen LogP contribution < -0.4 is 15.4 Å². The van der Waals surface area contributed by atoms with Crippen molar-refractivity contribution in [2.24, 2.45) is 5.92 Å². The molecule has 2 aliphatic rings. The number of hydrogen-bond donors (Lipinski definition) is 5. The summed E-state index contributed by atoms with van der Waals surface area (Å²) in [5.74, 6) is 1.14. The van der Waals surface area contributed by atoms with Gasteiger partial charge >= 0.3 is 0 Å². The van der Waals surface area contributed by atoms with Gasteiger partial charge in [0.15, 0.2) is 18.0 Å². The van der Waals surface area contributed by atoms with E-state index >= 15 is 0 Å². The van der Waals surface area contributed by atoms with Gasteiger partial charge in [-0.2, -0.15) is 0 Å². The van der Waals surface area contributed by atoms with Gasteiger partial charge in [-0.25, -0.2) is 4.98 Å². The third-order valence-electron chi connectivity index (χ3n) is 9.20. The highest BCUT2D eigenvalue weighted by Crippen LogP contribution is 2.44. The molecule has 1 fully saturated rings. The van der Waals surface area contributed by atoms with Gasteiger partial charge in [0.25, 0.3) is 5.91 Å². The van der Waals surface area contributed by atoms with E-state index in [1.165, 1.54) is 22.2 Å². The molecule has 6 rings (SSSR count). The predicted molar refractivity (Wildman–Crippen MR) is 181 cm³/mol. The average molecular weight is 661 g/mol. The zero-order valence-corrected chi connectivity index (χ0v) is 27.6. The highest BCUT2D eigenvalue weighted by atomic mass is 32.1. The highest BCUT2D eigenvalue weighted by Gasteiger charge is 2.44. The van der Waals surface area contributed by atoms with Crippen molar-refractivity contribution in [3.63, 3.8) is 0 Å². The number of aromatic nitrogens is 1. The quantitative estimate of drug-likeness (QED) is 0.0920. The molecule has 2 atom stereocenters. The molecular formula is C36H44N4O6S. The fourth-order valence-corrected chi connectivity index (χ4v) is 7.73. The molecule has 250 valence electrons. The van der Waals surface area contributed by atoms with Crippen molar-refractivity contribution < 1.29 is 29.3 Å². The number of phenolic OH excluding ortho intramolecular Hbond substituents is 1. The topological polar surface area (TPSA) is 140 Å². The number of amides is 1. The maximum Gasteiger partial charge on any atom is 0.262 e. The molecule has 47 heavy (non-hydrogen) atoms. The Kier molecular flexibility index (Phi) is 10.6. The van der Waals surface area contributed by atoms with E-state index in [-0.39, 0.29) is 29.9 Å². The van der Waals surface area contributed by atoms with Gasteiger partial charge in [-0.15, -0.1) is 11.3 Å². The molecule has 2 unspecified atom stereocenters. The fourth-order valence-electron chi connectivity index (χ4n) is 6.63. The summed E-state index contributed by atoms with van der Waals surface area (Å²) < 4.78 is 11.7. The number of rotatable bonds is 14. The van der Waals surface area contributed by atoms with Crippen LogP contribution in [0.3, 0.4) is 0 Å². The number of fused-ring (bicyclic) bond motifs is 1. The van der Waals surface area contributed by atoms with Crippen molar-refractivity contribution in [2.75, 3.05) is 38.6 Å². The zero-order valence-electron chi connectivity index (χ0n) is 26.8. The molecule has 10 nitrogen and oxygen atoms in total. The average Bonchev–Trinajstić information content (AvgIpc) is 3.76. The van der Waals surface area contributed by atoms with E-state index in [4.69, 9.17) is 9.15 Å². The van der Waals surface area contributed by atoms with Crippen LogP contribution in [0.15, 0.2) is 65.2 Å². The molecule has 0 saturated heterocycles. The number of benzene rings is 2. The minimum atomic E-state index is -1.22. The number of carbonyl (C=O) groups excluding carboxylic acids is 1. The number of thiophene rings is 1. The van der Waals surface area contributed by atoms with Gasteiger partial charge in [0, 0.05) is 53.8 Å². The van der Waals surface area contributed by atoms with E-state index in [0.29, 0.717) is 36.7 Å². The van der Waals surface area contributed by atoms with Crippen molar-refractivity contribution >= 4 is 22.9 Å². The molecule has 2 aromatic carbocycles. The number of carbonyl (C=O) groups is 1. The lowest BCUT2D eigenvalue weighted by atomic mass is 9.73. The first-order chi connectivity index (χ1) is 22.8. The van der Waals surface area contributed by atoms with Crippen LogP contribution in [-0.2, 0) is 29.8 Å². The molecule has 0 bridgehead atoms. The predicted octanol–water partition coefficient (Wildman–Crippen LogP) is 5.13. The molecule has 3 heterocycles. The number of aliphatic hydroxyl groups is 2. The van der Waals surface area contributed by atoms with Crippen molar-refractivity contribution in [3.8, 4) is 11.5 Å². The molecule has 1 aliphatic carbocycles. The summed E-state index contributed by atoms with van der Waals surface area (Å²) in [6, 6.07) is 17.2. The minimum absolute atomic E-state index is 0.0887. The lowest BCUT2D eigenvalue weighted by Gasteiger charge is -2.36. The van der Waals surface area contributed by atoms with Crippen molar-refractivity contribution in [1.29, 1.82) is 0 Å². The Hall–Kier alpha value is -3.74. The van der Waals surface area contributed by atoms with Gasteiger partial charge in [0.2, 0.25) is 5.89 Å². The van der Waals surface area contributed by atoms with Crippen LogP contribution in [0.5, 0.6) is 11.5 Å². The maximum absolute atomic E-state index is 12.1. The SMILES string of the molecule is CN(CCc1cnc(C(O)(c2ccccc2)C2CCCCC2)o1)Cc1ccc(CCNCC(O)c2ccc(O)c3c2OCC(=O)N3)s1. The van der Waals surface area contributed by atoms with Crippen LogP contribution in [0.25, 0.3) is 0 Å². The Morgan fingerprint density at radius 2 is 1.87 bits per heavy atom. The number of phenols is 1. The summed E-state index contributed by atoms with van der Waals surface area (Å²) in [7, 11) is 2.10. The Bertz CT molecular complexity index is 1640. The minimum Gasteiger partial charge on any atom is -0.506 e. The number of aromatic hydroxyl groups is 1. The van der Waals surface area contributed by atoms with Gasteiger partial charge in [-0.05, 0) is 56.1 Å². The van der Waals surface area contributed by atoms with E-state index in [0.717, 1.165) is 56.5 Å². The van der Waals surface area contributed by atoms with Crippen LogP contribution >= 0.6 is 11.3 Å². The fraction of sp³-hybridized carbons (Fsp3) is 0.444. The number of oxazole rings is 1. The number of likely N-dealkylation sites (N-methyl/N-ethyl adjacent to an activating group) is 1. The molecule has 4 aromatic rings. The third kappa shape index (κ3) is 7.71. The lowest BCUT2D eigenvalue weighted by molar-refractivity contribution is -0.118. The maximum atomic E-state index is 12.1. The molecule has 1 amide bonds. The molecule has 0 spiro atoms. The van der Waals surface area contributed by atoms with Crippen molar-refractivity contribution in [3.05, 3.63) is 93.3 Å². The van der Waals surface area contributed by atoms with Gasteiger partial charge in [-0.1, -0.05) is 49.6 Å². The Labute approximate surface area is 279 Å². The monoisotopic (exact) mass is 660 g/mol. The first-order valence-corrected chi connectivity index (χ1v) is 17.3. The summed E-state index contributed by atoms with van der Waals surface area (Å²) in [6.07, 6.45) is 7.81. The standard InChI is InChI=1S/C36H44N4O6S/c1-40(19-17-26-20-38-35(46-26)36(44,24-8-4-2-5-9-24)25-10-6-3-7-11-25)22-28-13-12-27(47-28)16-18-37-21-31(42)29-14-15-30(41)33-34(29)45-23-32(43)39-33/h2,4-5,8-9,12-15,20,25,31,37,41-42,44H,3,6-7,10-11,16-19,21-23H2,1H3,(H,39,43). The van der Waals surface area contributed by atoms with Crippen LogP contribution in [-0.4, -0.2) is 64.4 Å².